The molecule has 0 aromatic heterocycles. The predicted molar refractivity (Wildman–Crippen MR) is 174 cm³/mol. The molecule has 0 saturated carbocycles. The molecule has 254 valence electrons. The predicted octanol–water partition coefficient (Wildman–Crippen LogP) is 2.91. The number of nitrogens with zero attached hydrogens (tertiary/aromatic N) is 4. The van der Waals surface area contributed by atoms with Gasteiger partial charge in [-0.05, 0) is 29.3 Å². The van der Waals surface area contributed by atoms with Gasteiger partial charge in [0.15, 0.2) is 11.5 Å². The van der Waals surface area contributed by atoms with Gasteiger partial charge in [0.1, 0.15) is 18.0 Å². The quantitative estimate of drug-likeness (QED) is 0.192. The molecule has 3 N–H and O–H groups in total. The van der Waals surface area contributed by atoms with Crippen molar-refractivity contribution < 1.29 is 42.7 Å². The number of hydrogen-bond donors (Lipinski definition) is 3. The summed E-state index contributed by atoms with van der Waals surface area (Å²) in [4.78, 5) is 63.5. The van der Waals surface area contributed by atoms with Crippen molar-refractivity contribution >= 4 is 25.7 Å². The van der Waals surface area contributed by atoms with Crippen molar-refractivity contribution in [2.45, 2.75) is 31.7 Å². The summed E-state index contributed by atoms with van der Waals surface area (Å²) in [6.07, 6.45) is 0.786. The van der Waals surface area contributed by atoms with Gasteiger partial charge in [-0.3, -0.25) is 19.4 Å². The molecule has 5 rings (SSSR count). The highest BCUT2D eigenvalue weighted by atomic mass is 31.2. The van der Waals surface area contributed by atoms with Crippen molar-refractivity contribution in [2.24, 2.45) is 0 Å². The molecule has 0 radical (unpaired) electrons. The van der Waals surface area contributed by atoms with Gasteiger partial charge in [0, 0.05) is 31.6 Å². The van der Waals surface area contributed by atoms with Gasteiger partial charge in [-0.25, -0.2) is 19.4 Å². The van der Waals surface area contributed by atoms with E-state index in [-0.39, 0.29) is 56.7 Å². The lowest BCUT2D eigenvalue weighted by molar-refractivity contribution is -0.189. The normalized spacial score (nSPS) is 18.3. The summed E-state index contributed by atoms with van der Waals surface area (Å²) in [5, 5.41) is 6.06. The first kappa shape index (κ1) is 34.5. The number of methoxy groups -OCH3 is 2. The minimum absolute atomic E-state index is 0.00288. The molecule has 2 fully saturated rings. The average Bonchev–Trinajstić information content (AvgIpc) is 3.06. The topological polar surface area (TPSA) is 161 Å². The molecule has 14 nitrogen and oxygen atoms in total. The molecular weight excluding hydrogens is 641 g/mol. The number of hydrogen-bond acceptors (Lipinski definition) is 8. The third-order valence-electron chi connectivity index (χ3n) is 8.09. The van der Waals surface area contributed by atoms with Crippen LogP contribution >= 0.6 is 7.82 Å². The Morgan fingerprint density at radius 1 is 1.00 bits per heavy atom. The van der Waals surface area contributed by atoms with Gasteiger partial charge in [-0.2, -0.15) is 0 Å². The molecule has 0 unspecified atom stereocenters. The summed E-state index contributed by atoms with van der Waals surface area (Å²) in [6, 6.07) is 19.2. The maximum Gasteiger partial charge on any atom is 0.524 e. The Bertz CT molecular complexity index is 1680. The lowest BCUT2D eigenvalue weighted by atomic mass is 9.98. The summed E-state index contributed by atoms with van der Waals surface area (Å²) >= 11 is 0. The molecule has 0 aliphatic carbocycles. The van der Waals surface area contributed by atoms with Gasteiger partial charge in [-0.15, -0.1) is 6.58 Å². The zero-order valence-electron chi connectivity index (χ0n) is 26.6. The Labute approximate surface area is 278 Å². The summed E-state index contributed by atoms with van der Waals surface area (Å²) in [6.45, 7) is 4.21. The summed E-state index contributed by atoms with van der Waals surface area (Å²) in [5.74, 6) is 0.205. The van der Waals surface area contributed by atoms with Gasteiger partial charge in [0.25, 0.3) is 0 Å². The molecule has 3 aromatic carbocycles. The van der Waals surface area contributed by atoms with Crippen LogP contribution in [-0.4, -0.2) is 93.5 Å². The Kier molecular flexibility index (Phi) is 10.7. The van der Waals surface area contributed by atoms with Gasteiger partial charge >= 0.3 is 13.9 Å². The van der Waals surface area contributed by atoms with Crippen molar-refractivity contribution in [3.63, 3.8) is 0 Å². The van der Waals surface area contributed by atoms with E-state index in [9.17, 15) is 28.7 Å². The van der Waals surface area contributed by atoms with Gasteiger partial charge in [-0.1, -0.05) is 60.7 Å². The number of nitrogens with one attached hydrogen (secondary N) is 1. The summed E-state index contributed by atoms with van der Waals surface area (Å²) < 4.78 is 27.1. The first-order chi connectivity index (χ1) is 23.0. The molecule has 0 spiro atoms. The SMILES string of the molecule is C=CCN1CC(=O)N2[C@@H](Cc3ccc(OP(=O)(O)O)cc3)C(=O)N(Cc3cccc(OC)c3OC)C[C@@H]2N1C(=O)NCc1ccccc1. The van der Waals surface area contributed by atoms with Crippen LogP contribution in [0.1, 0.15) is 16.7 Å². The Balaban J connectivity index is 1.51. The second-order valence-corrected chi connectivity index (χ2v) is 12.4. The average molecular weight is 680 g/mol. The number of carbonyl (C=O) groups excluding carboxylic acids is 3. The maximum atomic E-state index is 14.3. The number of phosphoric ester groups is 1. The molecule has 4 amide bonds. The van der Waals surface area contributed by atoms with E-state index in [1.54, 1.807) is 40.3 Å². The van der Waals surface area contributed by atoms with Crippen LogP contribution < -0.4 is 19.3 Å². The number of benzene rings is 3. The van der Waals surface area contributed by atoms with Crippen LogP contribution in [0, 0.1) is 0 Å². The molecule has 2 heterocycles. The fraction of sp³-hybridized carbons (Fsp3) is 0.303. The number of hydrazine groups is 1. The van der Waals surface area contributed by atoms with E-state index in [0.717, 1.165) is 5.56 Å². The highest BCUT2D eigenvalue weighted by Gasteiger charge is 2.51. The lowest BCUT2D eigenvalue weighted by Gasteiger charge is -2.55. The van der Waals surface area contributed by atoms with Crippen LogP contribution in [0.15, 0.2) is 85.5 Å². The molecular formula is C33H38N5O9P. The Morgan fingerprint density at radius 2 is 1.73 bits per heavy atom. The number of carbonyl (C=O) groups is 3. The zero-order chi connectivity index (χ0) is 34.4. The van der Waals surface area contributed by atoms with E-state index >= 15 is 0 Å². The molecule has 15 heteroatoms. The van der Waals surface area contributed by atoms with Gasteiger partial charge in [0.05, 0.1) is 27.3 Å². The minimum atomic E-state index is -4.77. The summed E-state index contributed by atoms with van der Waals surface area (Å²) in [7, 11) is -1.74. The first-order valence-corrected chi connectivity index (χ1v) is 16.7. The fourth-order valence-electron chi connectivity index (χ4n) is 6.03. The number of ether oxygens (including phenoxy) is 2. The van der Waals surface area contributed by atoms with E-state index in [0.29, 0.717) is 22.6 Å². The summed E-state index contributed by atoms with van der Waals surface area (Å²) in [5.41, 5.74) is 2.16. The number of fused-ring (bicyclic) bond motifs is 1. The Hall–Kier alpha value is -4.88. The third-order valence-corrected chi connectivity index (χ3v) is 8.54. The largest absolute Gasteiger partial charge is 0.524 e. The number of rotatable bonds is 12. The standard InChI is InChI=1S/C33H38N5O9P/c1-4-17-36-22-30(39)37-27(18-23-13-15-26(16-14-23)47-48(42,43)44)32(40)35(20-25-11-8-12-28(45-2)31(25)46-3)21-29(37)38(36)33(41)34-19-24-9-6-5-7-10-24/h4-16,27,29H,1,17-22H2,2-3H3,(H,34,41)(H2,42,43,44)/t27-,29-/m0/s1. The molecule has 2 saturated heterocycles. The smallest absolute Gasteiger partial charge is 0.493 e. The number of amides is 4. The van der Waals surface area contributed by atoms with Crippen LogP contribution in [0.3, 0.4) is 0 Å². The minimum Gasteiger partial charge on any atom is -0.493 e. The second-order valence-electron chi connectivity index (χ2n) is 11.2. The molecule has 2 aliphatic heterocycles. The monoisotopic (exact) mass is 679 g/mol. The van der Waals surface area contributed by atoms with E-state index in [2.05, 4.69) is 16.4 Å². The van der Waals surface area contributed by atoms with Crippen molar-refractivity contribution in [1.82, 2.24) is 25.1 Å². The molecule has 2 atom stereocenters. The van der Waals surface area contributed by atoms with Crippen LogP contribution in [0.25, 0.3) is 0 Å². The number of piperazine rings is 1. The van der Waals surface area contributed by atoms with Crippen LogP contribution in [0.4, 0.5) is 4.79 Å². The highest BCUT2D eigenvalue weighted by Crippen LogP contribution is 2.38. The molecule has 2 aliphatic rings. The third kappa shape index (κ3) is 7.80. The van der Waals surface area contributed by atoms with E-state index in [4.69, 9.17) is 9.47 Å². The number of phosphoric acid groups is 1. The lowest BCUT2D eigenvalue weighted by Crippen LogP contribution is -2.76. The number of para-hydroxylation sites is 1. The van der Waals surface area contributed by atoms with Crippen molar-refractivity contribution in [2.75, 3.05) is 33.9 Å². The van der Waals surface area contributed by atoms with Gasteiger partial charge < -0.3 is 29.1 Å². The molecule has 3 aromatic rings. The van der Waals surface area contributed by atoms with Gasteiger partial charge in [0.2, 0.25) is 11.8 Å². The second kappa shape index (κ2) is 14.9. The first-order valence-electron chi connectivity index (χ1n) is 15.1. The van der Waals surface area contributed by atoms with Crippen LogP contribution in [0.2, 0.25) is 0 Å². The Morgan fingerprint density at radius 3 is 2.38 bits per heavy atom. The highest BCUT2D eigenvalue weighted by molar-refractivity contribution is 7.46. The van der Waals surface area contributed by atoms with Crippen molar-refractivity contribution in [1.29, 1.82) is 0 Å². The molecule has 48 heavy (non-hydrogen) atoms. The van der Waals surface area contributed by atoms with Crippen molar-refractivity contribution in [3.8, 4) is 17.2 Å². The van der Waals surface area contributed by atoms with E-state index < -0.39 is 26.1 Å². The van der Waals surface area contributed by atoms with E-state index in [1.807, 2.05) is 36.4 Å². The maximum absolute atomic E-state index is 14.3. The number of urea groups is 1. The zero-order valence-corrected chi connectivity index (χ0v) is 27.5. The van der Waals surface area contributed by atoms with Crippen LogP contribution in [0.5, 0.6) is 17.2 Å². The van der Waals surface area contributed by atoms with Crippen molar-refractivity contribution in [3.05, 3.63) is 102 Å². The van der Waals surface area contributed by atoms with E-state index in [1.165, 1.54) is 36.3 Å². The van der Waals surface area contributed by atoms with Crippen LogP contribution in [-0.2, 0) is 33.7 Å². The molecule has 0 bridgehead atoms. The fourth-order valence-corrected chi connectivity index (χ4v) is 6.43.